The molecule has 1 aliphatic heterocycles. The predicted octanol–water partition coefficient (Wildman–Crippen LogP) is 4.23. The smallest absolute Gasteiger partial charge is 0.217 e. The third-order valence-electron chi connectivity index (χ3n) is 2.33. The molecule has 2 nitrogen and oxygen atoms in total. The van der Waals surface area contributed by atoms with E-state index in [0.717, 1.165) is 24.8 Å². The minimum absolute atomic E-state index is 0.271. The monoisotopic (exact) mass is 356 g/mol. The minimum Gasteiger partial charge on any atom is -0.217 e. The maximum atomic E-state index is 11.6. The summed E-state index contributed by atoms with van der Waals surface area (Å²) in [5.41, 5.74) is 0.887. The van der Waals surface area contributed by atoms with Crippen molar-refractivity contribution in [3.63, 3.8) is 0 Å². The van der Waals surface area contributed by atoms with Gasteiger partial charge in [0.15, 0.2) is 0 Å². The summed E-state index contributed by atoms with van der Waals surface area (Å²) in [5, 5.41) is 0. The molecule has 0 saturated heterocycles. The van der Waals surface area contributed by atoms with E-state index in [1.54, 1.807) is 6.08 Å². The average molecular weight is 358 g/mol. The van der Waals surface area contributed by atoms with Crippen molar-refractivity contribution in [2.24, 2.45) is 0 Å². The van der Waals surface area contributed by atoms with Gasteiger partial charge in [-0.15, -0.1) is 0 Å². The van der Waals surface area contributed by atoms with E-state index in [2.05, 4.69) is 38.8 Å². The van der Waals surface area contributed by atoms with Crippen molar-refractivity contribution in [3.8, 4) is 0 Å². The van der Waals surface area contributed by atoms with Crippen LogP contribution < -0.4 is 0 Å². The molecule has 1 rings (SSSR count). The molecule has 0 aromatic rings. The summed E-state index contributed by atoms with van der Waals surface area (Å²) in [6.45, 7) is 2.16. The predicted molar refractivity (Wildman–Crippen MR) is 70.6 cm³/mol. The molecule has 15 heavy (non-hydrogen) atoms. The van der Waals surface area contributed by atoms with Crippen LogP contribution >= 0.6 is 31.9 Å². The van der Waals surface area contributed by atoms with Gasteiger partial charge in [-0.25, -0.2) is 8.42 Å². The summed E-state index contributed by atoms with van der Waals surface area (Å²) in [7, 11) is -3.22. The number of hydrogen-bond donors (Lipinski definition) is 0. The molecule has 0 aliphatic carbocycles. The summed E-state index contributed by atoms with van der Waals surface area (Å²) in [4.78, 5) is 0. The molecule has 86 valence electrons. The molecular formula is C10H14Br2O2S. The van der Waals surface area contributed by atoms with Crippen molar-refractivity contribution in [3.05, 3.63) is 19.3 Å². The zero-order valence-corrected chi connectivity index (χ0v) is 12.6. The molecule has 5 heteroatoms. The van der Waals surface area contributed by atoms with Crippen molar-refractivity contribution >= 4 is 41.7 Å². The summed E-state index contributed by atoms with van der Waals surface area (Å²) in [5.74, 6) is 0. The van der Waals surface area contributed by atoms with Gasteiger partial charge in [0, 0.05) is 0 Å². The van der Waals surface area contributed by atoms with Crippen molar-refractivity contribution < 1.29 is 8.42 Å². The molecule has 0 amide bonds. The fourth-order valence-electron chi connectivity index (χ4n) is 1.44. The lowest BCUT2D eigenvalue weighted by Gasteiger charge is -2.00. The molecule has 0 spiro atoms. The van der Waals surface area contributed by atoms with Gasteiger partial charge in [-0.3, -0.25) is 0 Å². The van der Waals surface area contributed by atoms with E-state index in [9.17, 15) is 8.42 Å². The van der Waals surface area contributed by atoms with Crippen molar-refractivity contribution in [1.29, 1.82) is 0 Å². The van der Waals surface area contributed by atoms with E-state index >= 15 is 0 Å². The first-order chi connectivity index (χ1) is 7.00. The number of hydrogen-bond acceptors (Lipinski definition) is 2. The maximum Gasteiger partial charge on any atom is 0.220 e. The van der Waals surface area contributed by atoms with Crippen LogP contribution in [-0.2, 0) is 9.84 Å². The highest BCUT2D eigenvalue weighted by atomic mass is 79.9. The van der Waals surface area contributed by atoms with Crippen LogP contribution in [0.25, 0.3) is 0 Å². The van der Waals surface area contributed by atoms with Gasteiger partial charge in [0.05, 0.1) is 0 Å². The third-order valence-corrected chi connectivity index (χ3v) is 6.99. The van der Waals surface area contributed by atoms with Gasteiger partial charge >= 0.3 is 0 Å². The number of unbranched alkanes of at least 4 members (excludes halogenated alkanes) is 3. The van der Waals surface area contributed by atoms with Gasteiger partial charge in [0.25, 0.3) is 0 Å². The van der Waals surface area contributed by atoms with Gasteiger partial charge in [-0.1, -0.05) is 26.2 Å². The lowest BCUT2D eigenvalue weighted by atomic mass is 10.1. The van der Waals surface area contributed by atoms with Crippen LogP contribution in [0.15, 0.2) is 19.3 Å². The van der Waals surface area contributed by atoms with E-state index in [0.29, 0.717) is 3.81 Å². The highest BCUT2D eigenvalue weighted by molar-refractivity contribution is 9.16. The molecular weight excluding hydrogens is 344 g/mol. The average Bonchev–Trinajstić information content (AvgIpc) is 2.38. The second-order valence-electron chi connectivity index (χ2n) is 3.56. The number of halogens is 2. The Hall–Kier alpha value is 0.390. The van der Waals surface area contributed by atoms with Crippen molar-refractivity contribution in [2.45, 2.75) is 39.0 Å². The Balaban J connectivity index is 2.61. The lowest BCUT2D eigenvalue weighted by Crippen LogP contribution is -1.94. The second-order valence-corrected chi connectivity index (χ2v) is 8.11. The van der Waals surface area contributed by atoms with Gasteiger partial charge < -0.3 is 0 Å². The Labute approximate surface area is 108 Å². The van der Waals surface area contributed by atoms with Gasteiger partial charge in [-0.2, -0.15) is 0 Å². The number of rotatable bonds is 5. The topological polar surface area (TPSA) is 34.1 Å². The van der Waals surface area contributed by atoms with Crippen molar-refractivity contribution in [2.75, 3.05) is 0 Å². The van der Waals surface area contributed by atoms with E-state index in [1.807, 2.05) is 0 Å². The molecule has 0 bridgehead atoms. The summed E-state index contributed by atoms with van der Waals surface area (Å²) >= 11 is 6.21. The zero-order valence-electron chi connectivity index (χ0n) is 8.59. The molecule has 0 N–H and O–H groups in total. The molecule has 0 unspecified atom stereocenters. The summed E-state index contributed by atoms with van der Waals surface area (Å²) in [6, 6.07) is 0. The minimum atomic E-state index is -3.22. The zero-order chi connectivity index (χ0) is 11.5. The van der Waals surface area contributed by atoms with Crippen LogP contribution in [0.1, 0.15) is 39.0 Å². The van der Waals surface area contributed by atoms with Gasteiger partial charge in [-0.05, 0) is 56.4 Å². The van der Waals surface area contributed by atoms with E-state index in [4.69, 9.17) is 0 Å². The maximum absolute atomic E-state index is 11.6. The Morgan fingerprint density at radius 2 is 1.87 bits per heavy atom. The SMILES string of the molecule is CCCCCCC1=C(Br)S(=O)(=O)C(Br)=C1. The highest BCUT2D eigenvalue weighted by Crippen LogP contribution is 2.38. The number of allylic oxidation sites excluding steroid dienone is 2. The quantitative estimate of drug-likeness (QED) is 0.690. The Morgan fingerprint density at radius 1 is 1.20 bits per heavy atom. The molecule has 0 aromatic heterocycles. The van der Waals surface area contributed by atoms with Crippen LogP contribution in [0.2, 0.25) is 0 Å². The summed E-state index contributed by atoms with van der Waals surface area (Å²) < 4.78 is 23.7. The molecule has 0 fully saturated rings. The standard InChI is InChI=1S/C10H14Br2O2S/c1-2-3-4-5-6-8-7-9(11)15(13,14)10(8)12/h7H,2-6H2,1H3. The highest BCUT2D eigenvalue weighted by Gasteiger charge is 2.28. The molecule has 0 saturated carbocycles. The first-order valence-corrected chi connectivity index (χ1v) is 8.08. The van der Waals surface area contributed by atoms with E-state index in [1.165, 1.54) is 12.8 Å². The largest absolute Gasteiger partial charge is 0.220 e. The Morgan fingerprint density at radius 3 is 2.33 bits per heavy atom. The second kappa shape index (κ2) is 5.64. The fourth-order valence-corrected chi connectivity index (χ4v) is 4.67. The van der Waals surface area contributed by atoms with Gasteiger partial charge in [0.2, 0.25) is 9.84 Å². The van der Waals surface area contributed by atoms with Crippen LogP contribution in [-0.4, -0.2) is 8.42 Å². The van der Waals surface area contributed by atoms with Crippen molar-refractivity contribution in [1.82, 2.24) is 0 Å². The molecule has 1 aliphatic rings. The molecule has 0 atom stereocenters. The first-order valence-electron chi connectivity index (χ1n) is 5.01. The fraction of sp³-hybridized carbons (Fsp3) is 0.600. The summed E-state index contributed by atoms with van der Waals surface area (Å²) in [6.07, 6.45) is 7.14. The molecule has 0 aromatic carbocycles. The van der Waals surface area contributed by atoms with E-state index < -0.39 is 9.84 Å². The van der Waals surface area contributed by atoms with E-state index in [-0.39, 0.29) is 3.81 Å². The van der Waals surface area contributed by atoms with Crippen LogP contribution in [0.3, 0.4) is 0 Å². The molecule has 1 heterocycles. The third kappa shape index (κ3) is 3.17. The molecule has 0 radical (unpaired) electrons. The lowest BCUT2D eigenvalue weighted by molar-refractivity contribution is 0.612. The first kappa shape index (κ1) is 13.5. The number of sulfone groups is 1. The van der Waals surface area contributed by atoms with Crippen LogP contribution in [0.5, 0.6) is 0 Å². The van der Waals surface area contributed by atoms with Gasteiger partial charge in [0.1, 0.15) is 7.63 Å². The normalized spacial score (nSPS) is 19.5. The van der Waals surface area contributed by atoms with Crippen LogP contribution in [0, 0.1) is 0 Å². The Bertz CT molecular complexity index is 394. The Kier molecular flexibility index (Phi) is 5.06. The van der Waals surface area contributed by atoms with Crippen LogP contribution in [0.4, 0.5) is 0 Å².